The second-order valence-electron chi connectivity index (χ2n) is 4.69. The monoisotopic (exact) mass is 264 g/mol. The summed E-state index contributed by atoms with van der Waals surface area (Å²) in [5, 5.41) is 11.8. The van der Waals surface area contributed by atoms with E-state index in [-0.39, 0.29) is 12.5 Å². The van der Waals surface area contributed by atoms with E-state index in [0.29, 0.717) is 5.56 Å². The Balaban J connectivity index is 2.67. The molecule has 0 bridgehead atoms. The van der Waals surface area contributed by atoms with Crippen molar-refractivity contribution in [3.8, 4) is 0 Å². The van der Waals surface area contributed by atoms with E-state index < -0.39 is 6.10 Å². The Kier molecular flexibility index (Phi) is 6.36. The van der Waals surface area contributed by atoms with Crippen molar-refractivity contribution in [2.75, 3.05) is 24.5 Å². The zero-order valence-electron chi connectivity index (χ0n) is 12.0. The number of carbonyl (C=O) groups excluding carboxylic acids is 1. The molecule has 106 valence electrons. The third kappa shape index (κ3) is 4.91. The maximum atomic E-state index is 11.8. The van der Waals surface area contributed by atoms with Gasteiger partial charge in [-0.15, -0.1) is 0 Å². The van der Waals surface area contributed by atoms with Gasteiger partial charge in [0.05, 0.1) is 6.10 Å². The zero-order chi connectivity index (χ0) is 14.3. The Morgan fingerprint density at radius 2 is 1.95 bits per heavy atom. The lowest BCUT2D eigenvalue weighted by molar-refractivity contribution is 0.0924. The van der Waals surface area contributed by atoms with Crippen LogP contribution in [0.5, 0.6) is 0 Å². The van der Waals surface area contributed by atoms with Crippen LogP contribution in [-0.2, 0) is 0 Å². The summed E-state index contributed by atoms with van der Waals surface area (Å²) in [5.74, 6) is -0.147. The number of nitrogens with one attached hydrogen (secondary N) is 1. The van der Waals surface area contributed by atoms with Crippen LogP contribution in [0.15, 0.2) is 24.3 Å². The SMILES string of the molecule is CCCN(CC)c1ccc(C(=O)NCC(C)O)cc1. The molecule has 0 heterocycles. The van der Waals surface area contributed by atoms with Gasteiger partial charge in [-0.1, -0.05) is 6.92 Å². The molecule has 0 fully saturated rings. The van der Waals surface area contributed by atoms with E-state index >= 15 is 0 Å². The van der Waals surface area contributed by atoms with Crippen LogP contribution in [0.4, 0.5) is 5.69 Å². The zero-order valence-corrected chi connectivity index (χ0v) is 12.0. The summed E-state index contributed by atoms with van der Waals surface area (Å²) < 4.78 is 0. The molecule has 19 heavy (non-hydrogen) atoms. The lowest BCUT2D eigenvalue weighted by atomic mass is 10.1. The third-order valence-electron chi connectivity index (χ3n) is 2.93. The van der Waals surface area contributed by atoms with Gasteiger partial charge in [-0.2, -0.15) is 0 Å². The van der Waals surface area contributed by atoms with E-state index in [1.54, 1.807) is 6.92 Å². The first-order chi connectivity index (χ1) is 9.08. The number of hydrogen-bond donors (Lipinski definition) is 2. The first-order valence-electron chi connectivity index (χ1n) is 6.89. The minimum atomic E-state index is -0.525. The minimum Gasteiger partial charge on any atom is -0.392 e. The van der Waals surface area contributed by atoms with Crippen LogP contribution in [0.3, 0.4) is 0 Å². The molecule has 0 aliphatic carbocycles. The molecule has 1 atom stereocenters. The van der Waals surface area contributed by atoms with Crippen molar-refractivity contribution in [1.29, 1.82) is 0 Å². The Labute approximate surface area is 115 Å². The molecule has 0 saturated heterocycles. The van der Waals surface area contributed by atoms with Gasteiger partial charge in [0.25, 0.3) is 5.91 Å². The van der Waals surface area contributed by atoms with Crippen LogP contribution in [0, 0.1) is 0 Å². The molecule has 0 radical (unpaired) electrons. The van der Waals surface area contributed by atoms with E-state index in [2.05, 4.69) is 24.1 Å². The highest BCUT2D eigenvalue weighted by molar-refractivity contribution is 5.94. The van der Waals surface area contributed by atoms with E-state index in [0.717, 1.165) is 25.2 Å². The number of carbonyl (C=O) groups is 1. The Morgan fingerprint density at radius 3 is 2.42 bits per heavy atom. The predicted molar refractivity (Wildman–Crippen MR) is 78.6 cm³/mol. The number of nitrogens with zero attached hydrogens (tertiary/aromatic N) is 1. The average Bonchev–Trinajstić information content (AvgIpc) is 2.42. The Morgan fingerprint density at radius 1 is 1.32 bits per heavy atom. The quantitative estimate of drug-likeness (QED) is 0.792. The molecule has 1 aromatic rings. The van der Waals surface area contributed by atoms with E-state index in [4.69, 9.17) is 5.11 Å². The van der Waals surface area contributed by atoms with Gasteiger partial charge in [0.1, 0.15) is 0 Å². The predicted octanol–water partition coefficient (Wildman–Crippen LogP) is 2.03. The number of amides is 1. The van der Waals surface area contributed by atoms with Crippen molar-refractivity contribution in [3.63, 3.8) is 0 Å². The fourth-order valence-corrected chi connectivity index (χ4v) is 1.91. The number of anilines is 1. The van der Waals surface area contributed by atoms with Crippen LogP contribution < -0.4 is 10.2 Å². The summed E-state index contributed by atoms with van der Waals surface area (Å²) in [7, 11) is 0. The molecular formula is C15H24N2O2. The Bertz CT molecular complexity index is 388. The van der Waals surface area contributed by atoms with Crippen LogP contribution in [0.2, 0.25) is 0 Å². The highest BCUT2D eigenvalue weighted by atomic mass is 16.3. The highest BCUT2D eigenvalue weighted by Crippen LogP contribution is 2.15. The average molecular weight is 264 g/mol. The normalized spacial score (nSPS) is 12.0. The van der Waals surface area contributed by atoms with E-state index in [1.165, 1.54) is 0 Å². The number of hydrogen-bond acceptors (Lipinski definition) is 3. The maximum absolute atomic E-state index is 11.8. The molecule has 1 amide bonds. The van der Waals surface area contributed by atoms with Crippen molar-refractivity contribution in [3.05, 3.63) is 29.8 Å². The lowest BCUT2D eigenvalue weighted by Gasteiger charge is -2.22. The van der Waals surface area contributed by atoms with Gasteiger partial charge < -0.3 is 15.3 Å². The number of aliphatic hydroxyl groups is 1. The van der Waals surface area contributed by atoms with Gasteiger partial charge >= 0.3 is 0 Å². The standard InChI is InChI=1S/C15H24N2O2/c1-4-10-17(5-2)14-8-6-13(7-9-14)15(19)16-11-12(3)18/h6-9,12,18H,4-5,10-11H2,1-3H3,(H,16,19). The number of aliphatic hydroxyl groups excluding tert-OH is 1. The van der Waals surface area contributed by atoms with Gasteiger partial charge in [0.2, 0.25) is 0 Å². The van der Waals surface area contributed by atoms with Crippen LogP contribution in [-0.4, -0.2) is 36.8 Å². The first-order valence-corrected chi connectivity index (χ1v) is 6.89. The summed E-state index contributed by atoms with van der Waals surface area (Å²) in [6, 6.07) is 7.59. The molecule has 4 nitrogen and oxygen atoms in total. The van der Waals surface area contributed by atoms with Gasteiger partial charge in [-0.05, 0) is 44.5 Å². The van der Waals surface area contributed by atoms with Gasteiger partial charge in [-0.25, -0.2) is 0 Å². The number of benzene rings is 1. The van der Waals surface area contributed by atoms with Crippen molar-refractivity contribution < 1.29 is 9.90 Å². The molecule has 0 aromatic heterocycles. The summed E-state index contributed by atoms with van der Waals surface area (Å²) in [6.45, 7) is 8.18. The molecule has 0 saturated carbocycles. The van der Waals surface area contributed by atoms with Gasteiger partial charge in [0, 0.05) is 30.9 Å². The largest absolute Gasteiger partial charge is 0.392 e. The minimum absolute atomic E-state index is 0.147. The second kappa shape index (κ2) is 7.79. The molecule has 0 aliphatic rings. The van der Waals surface area contributed by atoms with Crippen molar-refractivity contribution in [2.24, 2.45) is 0 Å². The van der Waals surface area contributed by atoms with Crippen molar-refractivity contribution >= 4 is 11.6 Å². The molecule has 4 heteroatoms. The third-order valence-corrected chi connectivity index (χ3v) is 2.93. The lowest BCUT2D eigenvalue weighted by Crippen LogP contribution is -2.30. The van der Waals surface area contributed by atoms with Crippen molar-refractivity contribution in [2.45, 2.75) is 33.3 Å². The molecular weight excluding hydrogens is 240 g/mol. The first kappa shape index (κ1) is 15.5. The molecule has 1 aromatic carbocycles. The second-order valence-corrected chi connectivity index (χ2v) is 4.69. The topological polar surface area (TPSA) is 52.6 Å². The maximum Gasteiger partial charge on any atom is 0.251 e. The fraction of sp³-hybridized carbons (Fsp3) is 0.533. The van der Waals surface area contributed by atoms with Gasteiger partial charge in [0.15, 0.2) is 0 Å². The van der Waals surface area contributed by atoms with Crippen LogP contribution >= 0.6 is 0 Å². The summed E-state index contributed by atoms with van der Waals surface area (Å²) in [5.41, 5.74) is 1.76. The summed E-state index contributed by atoms with van der Waals surface area (Å²) in [6.07, 6.45) is 0.577. The molecule has 1 rings (SSSR count). The van der Waals surface area contributed by atoms with Crippen LogP contribution in [0.1, 0.15) is 37.6 Å². The summed E-state index contributed by atoms with van der Waals surface area (Å²) >= 11 is 0. The van der Waals surface area contributed by atoms with E-state index in [9.17, 15) is 4.79 Å². The molecule has 2 N–H and O–H groups in total. The van der Waals surface area contributed by atoms with E-state index in [1.807, 2.05) is 24.3 Å². The smallest absolute Gasteiger partial charge is 0.251 e. The fourth-order valence-electron chi connectivity index (χ4n) is 1.91. The summed E-state index contributed by atoms with van der Waals surface area (Å²) in [4.78, 5) is 14.1. The molecule has 0 aliphatic heterocycles. The number of rotatable bonds is 7. The van der Waals surface area contributed by atoms with Gasteiger partial charge in [-0.3, -0.25) is 4.79 Å². The molecule has 0 spiro atoms. The van der Waals surface area contributed by atoms with Crippen molar-refractivity contribution in [1.82, 2.24) is 5.32 Å². The highest BCUT2D eigenvalue weighted by Gasteiger charge is 2.08. The van der Waals surface area contributed by atoms with Crippen LogP contribution in [0.25, 0.3) is 0 Å². The Hall–Kier alpha value is -1.55. The molecule has 1 unspecified atom stereocenters.